The summed E-state index contributed by atoms with van der Waals surface area (Å²) in [6.45, 7) is 12.2. The molecule has 1 atom stereocenters. The van der Waals surface area contributed by atoms with Gasteiger partial charge in [-0.05, 0) is 0 Å². The van der Waals surface area contributed by atoms with E-state index in [1.165, 1.54) is 51.8 Å². The molecule has 0 aliphatic rings. The molecule has 0 aliphatic carbocycles. The Hall–Kier alpha value is 1.03. The Balaban J connectivity index is 0.00000784. The van der Waals surface area contributed by atoms with E-state index in [9.17, 15) is 8.42 Å². The Kier molecular flexibility index (Phi) is 14.7. The van der Waals surface area contributed by atoms with E-state index >= 15 is 0 Å². The minimum Gasteiger partial charge on any atom is 0 e. The molecular formula is C23H42NO2SSnY-. The van der Waals surface area contributed by atoms with E-state index in [4.69, 9.17) is 0 Å². The second-order valence-electron chi connectivity index (χ2n) is 9.17. The smallest absolute Gasteiger partial charge is 0 e. The maximum Gasteiger partial charge on any atom is 0 e. The third kappa shape index (κ3) is 9.20. The van der Waals surface area contributed by atoms with Crippen LogP contribution in [0.1, 0.15) is 89.7 Å². The van der Waals surface area contributed by atoms with Gasteiger partial charge in [-0.3, -0.25) is 0 Å². The van der Waals surface area contributed by atoms with Gasteiger partial charge in [0.05, 0.1) is 0 Å². The standard InChI is InChI=1S/C11H15NO2S.3C4H9.Sn.Y/c1-11(2,3)15(13,14)12-9-10-7-5-4-6-8-10;3*1-3-4-2;;/h5-9,12H,1-3H3;3*1,3-4H2,2H3;;/q-1;;;;;. The Labute approximate surface area is 210 Å². The van der Waals surface area contributed by atoms with E-state index < -0.39 is 33.1 Å². The molecule has 0 fully saturated rings. The van der Waals surface area contributed by atoms with Crippen molar-refractivity contribution in [2.45, 2.75) is 102 Å². The number of sulfonamides is 1. The van der Waals surface area contributed by atoms with Gasteiger partial charge in [-0.25, -0.2) is 0 Å². The summed E-state index contributed by atoms with van der Waals surface area (Å²) in [5.41, 5.74) is 1.16. The SMILES string of the molecule is CCC[CH2][Sn]([CH2]CCC)([CH2]CCC)[C@H](NS(=O)(=O)C(C)(C)C)c1cc[c-]cc1.[Y]. The molecule has 0 aromatic heterocycles. The van der Waals surface area contributed by atoms with E-state index in [2.05, 4.69) is 43.7 Å². The monoisotopic (exact) mass is 605 g/mol. The van der Waals surface area contributed by atoms with Gasteiger partial charge in [0.25, 0.3) is 0 Å². The molecule has 0 aliphatic heterocycles. The Bertz CT molecular complexity index is 637. The van der Waals surface area contributed by atoms with Crippen molar-refractivity contribution in [1.29, 1.82) is 0 Å². The molecule has 3 nitrogen and oxygen atoms in total. The predicted octanol–water partition coefficient (Wildman–Crippen LogP) is 6.63. The van der Waals surface area contributed by atoms with Gasteiger partial charge in [0.1, 0.15) is 0 Å². The summed E-state index contributed by atoms with van der Waals surface area (Å²) in [5.74, 6) is 0. The second-order valence-corrected chi connectivity index (χ2v) is 25.3. The van der Waals surface area contributed by atoms with Gasteiger partial charge in [-0.15, -0.1) is 0 Å². The Morgan fingerprint density at radius 3 is 1.69 bits per heavy atom. The number of unbranched alkanes of at least 4 members (excludes halogenated alkanes) is 3. The Morgan fingerprint density at radius 1 is 0.931 bits per heavy atom. The molecule has 165 valence electrons. The van der Waals surface area contributed by atoms with Gasteiger partial charge in [-0.2, -0.15) is 0 Å². The van der Waals surface area contributed by atoms with E-state index in [1.54, 1.807) is 20.8 Å². The molecule has 0 unspecified atom stereocenters. The largest absolute Gasteiger partial charge is 0 e. The molecule has 0 amide bonds. The molecule has 1 aromatic rings. The third-order valence-electron chi connectivity index (χ3n) is 5.85. The first kappa shape index (κ1) is 30.0. The van der Waals surface area contributed by atoms with Crippen LogP contribution < -0.4 is 4.72 Å². The maximum atomic E-state index is 13.2. The quantitative estimate of drug-likeness (QED) is 0.203. The molecule has 0 bridgehead atoms. The van der Waals surface area contributed by atoms with Gasteiger partial charge in [0.15, 0.2) is 0 Å². The van der Waals surface area contributed by atoms with Crippen LogP contribution >= 0.6 is 0 Å². The number of hydrogen-bond donors (Lipinski definition) is 1. The van der Waals surface area contributed by atoms with Crippen molar-refractivity contribution in [2.24, 2.45) is 0 Å². The summed E-state index contributed by atoms with van der Waals surface area (Å²) in [4.78, 5) is 0. The maximum absolute atomic E-state index is 13.2. The first-order valence-corrected chi connectivity index (χ1v) is 20.3. The second kappa shape index (κ2) is 14.2. The molecule has 29 heavy (non-hydrogen) atoms. The summed E-state index contributed by atoms with van der Waals surface area (Å²) in [7, 11) is -3.41. The molecule has 6 heteroatoms. The van der Waals surface area contributed by atoms with Crippen molar-refractivity contribution < 1.29 is 41.1 Å². The van der Waals surface area contributed by atoms with Crippen molar-refractivity contribution >= 4 is 28.4 Å². The van der Waals surface area contributed by atoms with Crippen molar-refractivity contribution in [1.82, 2.24) is 4.72 Å². The van der Waals surface area contributed by atoms with Crippen LogP contribution in [-0.4, -0.2) is 31.5 Å². The number of hydrogen-bond acceptors (Lipinski definition) is 2. The summed E-state index contributed by atoms with van der Waals surface area (Å²) in [6.07, 6.45) is 7.19. The Morgan fingerprint density at radius 2 is 1.34 bits per heavy atom. The van der Waals surface area contributed by atoms with Crippen LogP contribution in [-0.2, 0) is 42.7 Å². The fourth-order valence-corrected chi connectivity index (χ4v) is 24.6. The van der Waals surface area contributed by atoms with Gasteiger partial charge in [0, 0.05) is 32.7 Å². The van der Waals surface area contributed by atoms with Crippen LogP contribution in [0.5, 0.6) is 0 Å². The molecule has 1 radical (unpaired) electrons. The van der Waals surface area contributed by atoms with Crippen LogP contribution in [0.4, 0.5) is 0 Å². The predicted molar refractivity (Wildman–Crippen MR) is 125 cm³/mol. The summed E-state index contributed by atoms with van der Waals surface area (Å²) in [5, 5.41) is 0. The molecule has 0 saturated heterocycles. The zero-order chi connectivity index (χ0) is 21.3. The first-order valence-electron chi connectivity index (χ1n) is 11.1. The van der Waals surface area contributed by atoms with Gasteiger partial charge in [0.2, 0.25) is 0 Å². The van der Waals surface area contributed by atoms with E-state index in [1.807, 2.05) is 12.1 Å². The number of rotatable bonds is 13. The first-order chi connectivity index (χ1) is 13.1. The average Bonchev–Trinajstić information content (AvgIpc) is 2.66. The molecule has 0 heterocycles. The van der Waals surface area contributed by atoms with Crippen LogP contribution in [0.2, 0.25) is 13.3 Å². The van der Waals surface area contributed by atoms with E-state index in [0.29, 0.717) is 0 Å². The van der Waals surface area contributed by atoms with Crippen molar-refractivity contribution in [3.05, 3.63) is 35.9 Å². The van der Waals surface area contributed by atoms with Gasteiger partial charge < -0.3 is 0 Å². The fourth-order valence-electron chi connectivity index (χ4n) is 3.87. The van der Waals surface area contributed by atoms with Crippen molar-refractivity contribution in [2.75, 3.05) is 0 Å². The van der Waals surface area contributed by atoms with Crippen LogP contribution in [0, 0.1) is 6.07 Å². The minimum absolute atomic E-state index is 0. The summed E-state index contributed by atoms with van der Waals surface area (Å²) in [6, 6.07) is 11.2. The summed E-state index contributed by atoms with van der Waals surface area (Å²) >= 11 is -2.88. The summed E-state index contributed by atoms with van der Waals surface area (Å²) < 4.78 is 32.7. The van der Waals surface area contributed by atoms with E-state index in [0.717, 1.165) is 5.56 Å². The van der Waals surface area contributed by atoms with Gasteiger partial charge >= 0.3 is 180 Å². The number of benzene rings is 1. The number of nitrogens with one attached hydrogen (secondary N) is 1. The van der Waals surface area contributed by atoms with Gasteiger partial charge in [-0.1, -0.05) is 0 Å². The molecule has 0 saturated carbocycles. The molecule has 1 N–H and O–H groups in total. The van der Waals surface area contributed by atoms with Crippen LogP contribution in [0.3, 0.4) is 0 Å². The van der Waals surface area contributed by atoms with Crippen molar-refractivity contribution in [3.8, 4) is 0 Å². The van der Waals surface area contributed by atoms with Crippen LogP contribution in [0.15, 0.2) is 24.3 Å². The zero-order valence-electron chi connectivity index (χ0n) is 19.6. The van der Waals surface area contributed by atoms with Crippen LogP contribution in [0.25, 0.3) is 0 Å². The zero-order valence-corrected chi connectivity index (χ0v) is 26.1. The normalized spacial score (nSPS) is 13.7. The molecular weight excluding hydrogens is 562 g/mol. The third-order valence-corrected chi connectivity index (χ3v) is 25.0. The molecule has 1 rings (SSSR count). The minimum atomic E-state index is -3.41. The average molecular weight is 604 g/mol. The molecule has 0 spiro atoms. The molecule has 1 aromatic carbocycles. The topological polar surface area (TPSA) is 46.2 Å². The fraction of sp³-hybridized carbons (Fsp3) is 0.739. The van der Waals surface area contributed by atoms with Crippen molar-refractivity contribution in [3.63, 3.8) is 0 Å². The van der Waals surface area contributed by atoms with E-state index in [-0.39, 0.29) is 36.8 Å².